The van der Waals surface area contributed by atoms with Gasteiger partial charge in [-0.2, -0.15) is 0 Å². The molecular weight excluding hydrogens is 334 g/mol. The van der Waals surface area contributed by atoms with E-state index in [-0.39, 0.29) is 12.5 Å². The minimum atomic E-state index is -0.133. The van der Waals surface area contributed by atoms with Gasteiger partial charge in [-0.1, -0.05) is 17.7 Å². The van der Waals surface area contributed by atoms with Gasteiger partial charge in [-0.25, -0.2) is 4.98 Å². The van der Waals surface area contributed by atoms with Gasteiger partial charge in [0.05, 0.1) is 10.7 Å². The van der Waals surface area contributed by atoms with Crippen LogP contribution in [0.1, 0.15) is 10.6 Å². The largest absolute Gasteiger partial charge is 0.484 e. The van der Waals surface area contributed by atoms with Crippen molar-refractivity contribution >= 4 is 17.2 Å². The summed E-state index contributed by atoms with van der Waals surface area (Å²) in [6, 6.07) is 11.5. The Morgan fingerprint density at radius 3 is 2.68 bits per heavy atom. The van der Waals surface area contributed by atoms with E-state index < -0.39 is 0 Å². The molecule has 1 N–H and O–H groups in total. The zero-order chi connectivity index (χ0) is 17.5. The number of aromatic nitrogens is 2. The highest BCUT2D eigenvalue weighted by Crippen LogP contribution is 2.21. The number of pyridine rings is 1. The molecule has 2 aromatic heterocycles. The van der Waals surface area contributed by atoms with Crippen LogP contribution in [0, 0.1) is 6.92 Å². The topological polar surface area (TPSA) is 64.1 Å². The highest BCUT2D eigenvalue weighted by Gasteiger charge is 2.06. The third kappa shape index (κ3) is 5.12. The summed E-state index contributed by atoms with van der Waals surface area (Å²) in [6.45, 7) is 2.57. The van der Waals surface area contributed by atoms with Gasteiger partial charge < -0.3 is 10.1 Å². The molecule has 2 heterocycles. The van der Waals surface area contributed by atoms with Gasteiger partial charge in [0, 0.05) is 36.3 Å². The van der Waals surface area contributed by atoms with Crippen LogP contribution in [0.5, 0.6) is 5.75 Å². The molecule has 5 nitrogen and oxygen atoms in total. The van der Waals surface area contributed by atoms with Crippen LogP contribution in [-0.2, 0) is 11.2 Å². The molecule has 0 spiro atoms. The highest BCUT2D eigenvalue weighted by molar-refractivity contribution is 7.09. The number of hydrogen-bond acceptors (Lipinski definition) is 5. The molecule has 0 atom stereocenters. The molecule has 128 valence electrons. The lowest BCUT2D eigenvalue weighted by Gasteiger charge is -2.07. The van der Waals surface area contributed by atoms with Crippen molar-refractivity contribution in [3.63, 3.8) is 0 Å². The van der Waals surface area contributed by atoms with Gasteiger partial charge in [-0.15, -0.1) is 11.3 Å². The zero-order valence-corrected chi connectivity index (χ0v) is 14.8. The number of aryl methyl sites for hydroxylation is 1. The van der Waals surface area contributed by atoms with Crippen molar-refractivity contribution in [1.82, 2.24) is 15.3 Å². The lowest BCUT2D eigenvalue weighted by molar-refractivity contribution is -0.123. The van der Waals surface area contributed by atoms with E-state index in [0.29, 0.717) is 18.7 Å². The molecule has 0 bridgehead atoms. The predicted octanol–water partition coefficient (Wildman–Crippen LogP) is 3.25. The van der Waals surface area contributed by atoms with Crippen LogP contribution in [0.2, 0.25) is 0 Å². The number of carbonyl (C=O) groups excluding carboxylic acids is 1. The van der Waals surface area contributed by atoms with Crippen LogP contribution in [0.25, 0.3) is 11.3 Å². The number of hydrogen-bond donors (Lipinski definition) is 1. The SMILES string of the molecule is Cc1ccc(OCC(=O)NCCc2nc(-c3ccncc3)cs2)cc1. The van der Waals surface area contributed by atoms with E-state index in [2.05, 4.69) is 15.3 Å². The maximum atomic E-state index is 11.8. The van der Waals surface area contributed by atoms with Crippen LogP contribution >= 0.6 is 11.3 Å². The second-order valence-electron chi connectivity index (χ2n) is 5.56. The minimum absolute atomic E-state index is 0.0171. The Morgan fingerprint density at radius 1 is 1.16 bits per heavy atom. The third-order valence-corrected chi connectivity index (χ3v) is 4.49. The van der Waals surface area contributed by atoms with Crippen LogP contribution in [-0.4, -0.2) is 29.0 Å². The maximum absolute atomic E-state index is 11.8. The Bertz CT molecular complexity index is 816. The first kappa shape index (κ1) is 17.1. The van der Waals surface area contributed by atoms with Gasteiger partial charge in [-0.05, 0) is 31.2 Å². The number of ether oxygens (including phenoxy) is 1. The maximum Gasteiger partial charge on any atom is 0.257 e. The van der Waals surface area contributed by atoms with Crippen molar-refractivity contribution in [2.24, 2.45) is 0 Å². The molecule has 0 aliphatic heterocycles. The van der Waals surface area contributed by atoms with E-state index in [1.54, 1.807) is 23.7 Å². The molecule has 0 saturated heterocycles. The molecule has 6 heteroatoms. The molecule has 0 aliphatic carbocycles. The van der Waals surface area contributed by atoms with Gasteiger partial charge in [0.1, 0.15) is 5.75 Å². The van der Waals surface area contributed by atoms with Crippen LogP contribution in [0.15, 0.2) is 54.2 Å². The van der Waals surface area contributed by atoms with Crippen molar-refractivity contribution < 1.29 is 9.53 Å². The molecule has 3 aromatic rings. The molecule has 0 fully saturated rings. The average Bonchev–Trinajstić information content (AvgIpc) is 3.11. The summed E-state index contributed by atoms with van der Waals surface area (Å²) in [5, 5.41) is 5.87. The number of rotatable bonds is 7. The summed E-state index contributed by atoms with van der Waals surface area (Å²) in [5.74, 6) is 0.564. The first-order valence-electron chi connectivity index (χ1n) is 8.02. The number of nitrogens with one attached hydrogen (secondary N) is 1. The quantitative estimate of drug-likeness (QED) is 0.708. The summed E-state index contributed by atoms with van der Waals surface area (Å²) in [4.78, 5) is 20.4. The second kappa shape index (κ2) is 8.39. The Labute approximate surface area is 150 Å². The Balaban J connectivity index is 1.41. The second-order valence-corrected chi connectivity index (χ2v) is 6.51. The fourth-order valence-corrected chi connectivity index (χ4v) is 3.03. The molecule has 1 aromatic carbocycles. The van der Waals surface area contributed by atoms with Gasteiger partial charge in [0.15, 0.2) is 6.61 Å². The van der Waals surface area contributed by atoms with Gasteiger partial charge in [-0.3, -0.25) is 9.78 Å². The predicted molar refractivity (Wildman–Crippen MR) is 98.7 cm³/mol. The summed E-state index contributed by atoms with van der Waals surface area (Å²) in [6.07, 6.45) is 4.21. The number of carbonyl (C=O) groups is 1. The highest BCUT2D eigenvalue weighted by atomic mass is 32.1. The van der Waals surface area contributed by atoms with Crippen molar-refractivity contribution in [1.29, 1.82) is 0 Å². The standard InChI is InChI=1S/C19H19N3O2S/c1-14-2-4-16(5-3-14)24-12-18(23)21-11-8-19-22-17(13-25-19)15-6-9-20-10-7-15/h2-7,9-10,13H,8,11-12H2,1H3,(H,21,23). The van der Waals surface area contributed by atoms with E-state index >= 15 is 0 Å². The van der Waals surface area contributed by atoms with E-state index in [0.717, 1.165) is 21.8 Å². The van der Waals surface area contributed by atoms with E-state index in [9.17, 15) is 4.79 Å². The van der Waals surface area contributed by atoms with Gasteiger partial charge in [0.25, 0.3) is 5.91 Å². The summed E-state index contributed by atoms with van der Waals surface area (Å²) in [7, 11) is 0. The number of benzene rings is 1. The molecule has 25 heavy (non-hydrogen) atoms. The summed E-state index contributed by atoms with van der Waals surface area (Å²) >= 11 is 1.59. The number of amides is 1. The van der Waals surface area contributed by atoms with Crippen molar-refractivity contribution in [3.8, 4) is 17.0 Å². The fourth-order valence-electron chi connectivity index (χ4n) is 2.22. The first-order valence-corrected chi connectivity index (χ1v) is 8.89. The normalized spacial score (nSPS) is 10.4. The number of nitrogens with zero attached hydrogens (tertiary/aromatic N) is 2. The Hall–Kier alpha value is -2.73. The summed E-state index contributed by atoms with van der Waals surface area (Å²) < 4.78 is 5.46. The van der Waals surface area contributed by atoms with E-state index in [4.69, 9.17) is 4.74 Å². The Morgan fingerprint density at radius 2 is 1.92 bits per heavy atom. The van der Waals surface area contributed by atoms with Crippen LogP contribution < -0.4 is 10.1 Å². The van der Waals surface area contributed by atoms with E-state index in [1.165, 1.54) is 0 Å². The zero-order valence-electron chi connectivity index (χ0n) is 13.9. The minimum Gasteiger partial charge on any atom is -0.484 e. The van der Waals surface area contributed by atoms with E-state index in [1.807, 2.05) is 48.7 Å². The number of thiazole rings is 1. The van der Waals surface area contributed by atoms with Crippen LogP contribution in [0.3, 0.4) is 0 Å². The van der Waals surface area contributed by atoms with Crippen LogP contribution in [0.4, 0.5) is 0 Å². The molecule has 0 aliphatic rings. The fraction of sp³-hybridized carbons (Fsp3) is 0.211. The van der Waals surface area contributed by atoms with Crippen molar-refractivity contribution in [2.75, 3.05) is 13.2 Å². The molecule has 1 amide bonds. The smallest absolute Gasteiger partial charge is 0.257 e. The van der Waals surface area contributed by atoms with Crippen molar-refractivity contribution in [2.45, 2.75) is 13.3 Å². The van der Waals surface area contributed by atoms with Gasteiger partial charge in [0.2, 0.25) is 0 Å². The van der Waals surface area contributed by atoms with Crippen molar-refractivity contribution in [3.05, 3.63) is 64.7 Å². The summed E-state index contributed by atoms with van der Waals surface area (Å²) in [5.41, 5.74) is 3.15. The average molecular weight is 353 g/mol. The third-order valence-electron chi connectivity index (χ3n) is 3.58. The van der Waals surface area contributed by atoms with Gasteiger partial charge >= 0.3 is 0 Å². The Kier molecular flexibility index (Phi) is 5.74. The molecule has 0 saturated carbocycles. The lowest BCUT2D eigenvalue weighted by atomic mass is 10.2. The lowest BCUT2D eigenvalue weighted by Crippen LogP contribution is -2.30. The molecule has 3 rings (SSSR count). The molecule has 0 radical (unpaired) electrons. The monoisotopic (exact) mass is 353 g/mol. The molecular formula is C19H19N3O2S. The molecule has 0 unspecified atom stereocenters. The first-order chi connectivity index (χ1) is 12.2.